The first kappa shape index (κ1) is 25.6. The molecule has 0 aliphatic carbocycles. The summed E-state index contributed by atoms with van der Waals surface area (Å²) in [5.41, 5.74) is 1.13. The smallest absolute Gasteiger partial charge is 0.295 e. The number of likely N-dealkylation sites (tertiary alicyclic amines) is 1. The highest BCUT2D eigenvalue weighted by Crippen LogP contribution is 2.39. The zero-order chi connectivity index (χ0) is 24.5. The van der Waals surface area contributed by atoms with Crippen LogP contribution in [0.25, 0.3) is 5.76 Å². The Hall–Kier alpha value is -2.99. The summed E-state index contributed by atoms with van der Waals surface area (Å²) in [6, 6.07) is 13.8. The number of aliphatic hydroxyl groups is 1. The molecule has 0 radical (unpaired) electrons. The SMILES string of the molecule is CCCCN(CCCC)CCCN1C(=O)C(=O)C(=C(O)c2ccccc2)[C@H]1c1ccc(F)cc1. The van der Waals surface area contributed by atoms with Crippen molar-refractivity contribution >= 4 is 17.4 Å². The molecule has 0 saturated carbocycles. The minimum Gasteiger partial charge on any atom is -0.507 e. The van der Waals surface area contributed by atoms with Gasteiger partial charge in [0.05, 0.1) is 11.6 Å². The molecule has 1 N–H and O–H groups in total. The van der Waals surface area contributed by atoms with Gasteiger partial charge in [-0.15, -0.1) is 0 Å². The predicted molar refractivity (Wildman–Crippen MR) is 133 cm³/mol. The Morgan fingerprint density at radius 2 is 1.50 bits per heavy atom. The van der Waals surface area contributed by atoms with Gasteiger partial charge in [-0.3, -0.25) is 9.59 Å². The molecule has 2 aromatic rings. The van der Waals surface area contributed by atoms with E-state index < -0.39 is 23.5 Å². The second kappa shape index (κ2) is 12.5. The maximum absolute atomic E-state index is 13.6. The highest BCUT2D eigenvalue weighted by atomic mass is 19.1. The number of ketones is 1. The van der Waals surface area contributed by atoms with Crippen molar-refractivity contribution in [1.82, 2.24) is 9.80 Å². The van der Waals surface area contributed by atoms with E-state index in [0.717, 1.165) is 45.3 Å². The molecule has 1 saturated heterocycles. The molecule has 6 heteroatoms. The summed E-state index contributed by atoms with van der Waals surface area (Å²) < 4.78 is 13.6. The molecule has 0 spiro atoms. The summed E-state index contributed by atoms with van der Waals surface area (Å²) in [4.78, 5) is 30.1. The van der Waals surface area contributed by atoms with Crippen LogP contribution < -0.4 is 0 Å². The van der Waals surface area contributed by atoms with E-state index in [1.54, 1.807) is 36.4 Å². The third-order valence-corrected chi connectivity index (χ3v) is 6.30. The third-order valence-electron chi connectivity index (χ3n) is 6.30. The van der Waals surface area contributed by atoms with E-state index in [1.807, 2.05) is 6.07 Å². The van der Waals surface area contributed by atoms with Crippen molar-refractivity contribution in [3.63, 3.8) is 0 Å². The molecule has 1 heterocycles. The fourth-order valence-electron chi connectivity index (χ4n) is 4.42. The second-order valence-electron chi connectivity index (χ2n) is 8.81. The lowest BCUT2D eigenvalue weighted by molar-refractivity contribution is -0.140. The first-order valence-electron chi connectivity index (χ1n) is 12.3. The molecule has 1 aliphatic heterocycles. The van der Waals surface area contributed by atoms with Gasteiger partial charge in [-0.2, -0.15) is 0 Å². The number of benzene rings is 2. The van der Waals surface area contributed by atoms with Gasteiger partial charge in [0.1, 0.15) is 11.6 Å². The molecular formula is C28H35FN2O3. The van der Waals surface area contributed by atoms with Crippen LogP contribution in [-0.2, 0) is 9.59 Å². The van der Waals surface area contributed by atoms with E-state index in [1.165, 1.54) is 17.0 Å². The first-order valence-corrected chi connectivity index (χ1v) is 12.3. The Morgan fingerprint density at radius 3 is 2.09 bits per heavy atom. The van der Waals surface area contributed by atoms with Crippen LogP contribution in [-0.4, -0.2) is 52.8 Å². The molecule has 0 unspecified atom stereocenters. The van der Waals surface area contributed by atoms with Gasteiger partial charge < -0.3 is 14.9 Å². The summed E-state index contributed by atoms with van der Waals surface area (Å²) in [5.74, 6) is -1.93. The Labute approximate surface area is 201 Å². The van der Waals surface area contributed by atoms with E-state index in [4.69, 9.17) is 0 Å². The van der Waals surface area contributed by atoms with Crippen LogP contribution in [0.2, 0.25) is 0 Å². The van der Waals surface area contributed by atoms with Gasteiger partial charge in [-0.1, -0.05) is 69.2 Å². The van der Waals surface area contributed by atoms with Crippen LogP contribution in [0.5, 0.6) is 0 Å². The van der Waals surface area contributed by atoms with E-state index in [9.17, 15) is 19.1 Å². The van der Waals surface area contributed by atoms with Gasteiger partial charge in [-0.05, 0) is 56.6 Å². The van der Waals surface area contributed by atoms with Gasteiger partial charge in [0.15, 0.2) is 0 Å². The lowest BCUT2D eigenvalue weighted by Crippen LogP contribution is -2.34. The second-order valence-corrected chi connectivity index (χ2v) is 8.81. The number of nitrogens with zero attached hydrogens (tertiary/aromatic N) is 2. The summed E-state index contributed by atoms with van der Waals surface area (Å²) in [7, 11) is 0. The van der Waals surface area contributed by atoms with Crippen molar-refractivity contribution in [1.29, 1.82) is 0 Å². The average Bonchev–Trinajstić information content (AvgIpc) is 3.11. The quantitative estimate of drug-likeness (QED) is 0.253. The zero-order valence-corrected chi connectivity index (χ0v) is 20.2. The van der Waals surface area contributed by atoms with E-state index in [2.05, 4.69) is 18.7 Å². The third kappa shape index (κ3) is 6.11. The van der Waals surface area contributed by atoms with Crippen molar-refractivity contribution in [2.75, 3.05) is 26.2 Å². The van der Waals surface area contributed by atoms with Crippen LogP contribution in [0.4, 0.5) is 4.39 Å². The number of Topliss-reactive ketones (excluding diaryl/α,β-unsaturated/α-hetero) is 1. The number of unbranched alkanes of at least 4 members (excludes halogenated alkanes) is 2. The van der Waals surface area contributed by atoms with Crippen LogP contribution in [0.3, 0.4) is 0 Å². The molecule has 3 rings (SSSR count). The number of hydrogen-bond donors (Lipinski definition) is 1. The molecule has 5 nitrogen and oxygen atoms in total. The Bertz CT molecular complexity index is 980. The number of rotatable bonds is 12. The predicted octanol–water partition coefficient (Wildman–Crippen LogP) is 5.54. The number of carbonyl (C=O) groups is 2. The fraction of sp³-hybridized carbons (Fsp3) is 0.429. The van der Waals surface area contributed by atoms with Gasteiger partial charge in [0.2, 0.25) is 0 Å². The van der Waals surface area contributed by atoms with Crippen molar-refractivity contribution in [2.24, 2.45) is 0 Å². The molecule has 0 bridgehead atoms. The Morgan fingerprint density at radius 1 is 0.912 bits per heavy atom. The van der Waals surface area contributed by atoms with E-state index >= 15 is 0 Å². The Balaban J connectivity index is 1.88. The molecule has 1 aliphatic rings. The molecule has 0 aromatic heterocycles. The summed E-state index contributed by atoms with van der Waals surface area (Å²) in [6.45, 7) is 7.60. The molecule has 34 heavy (non-hydrogen) atoms. The zero-order valence-electron chi connectivity index (χ0n) is 20.2. The van der Waals surface area contributed by atoms with Crippen molar-refractivity contribution in [3.05, 3.63) is 77.1 Å². The summed E-state index contributed by atoms with van der Waals surface area (Å²) in [6.07, 6.45) is 5.22. The highest BCUT2D eigenvalue weighted by Gasteiger charge is 2.45. The van der Waals surface area contributed by atoms with Crippen LogP contribution in [0, 0.1) is 5.82 Å². The molecule has 1 fully saturated rings. The van der Waals surface area contributed by atoms with E-state index in [0.29, 0.717) is 24.1 Å². The summed E-state index contributed by atoms with van der Waals surface area (Å²) >= 11 is 0. The normalized spacial score (nSPS) is 17.6. The average molecular weight is 467 g/mol. The molecular weight excluding hydrogens is 431 g/mol. The lowest BCUT2D eigenvalue weighted by Gasteiger charge is -2.27. The maximum atomic E-state index is 13.6. The number of halogens is 1. The fourth-order valence-corrected chi connectivity index (χ4v) is 4.42. The lowest BCUT2D eigenvalue weighted by atomic mass is 9.95. The first-order chi connectivity index (χ1) is 16.5. The molecule has 2 aromatic carbocycles. The number of carbonyl (C=O) groups excluding carboxylic acids is 2. The van der Waals surface area contributed by atoms with Gasteiger partial charge in [0, 0.05) is 12.1 Å². The van der Waals surface area contributed by atoms with Gasteiger partial charge in [0.25, 0.3) is 11.7 Å². The maximum Gasteiger partial charge on any atom is 0.295 e. The minimum atomic E-state index is -0.750. The van der Waals surface area contributed by atoms with Crippen molar-refractivity contribution < 1.29 is 19.1 Å². The number of hydrogen-bond acceptors (Lipinski definition) is 4. The molecule has 1 atom stereocenters. The van der Waals surface area contributed by atoms with Crippen molar-refractivity contribution in [2.45, 2.75) is 52.0 Å². The summed E-state index contributed by atoms with van der Waals surface area (Å²) in [5, 5.41) is 11.0. The number of amides is 1. The Kier molecular flexibility index (Phi) is 9.40. The van der Waals surface area contributed by atoms with Crippen molar-refractivity contribution in [3.8, 4) is 0 Å². The highest BCUT2D eigenvalue weighted by molar-refractivity contribution is 6.46. The van der Waals surface area contributed by atoms with Gasteiger partial charge >= 0.3 is 0 Å². The van der Waals surface area contributed by atoms with Crippen LogP contribution in [0.1, 0.15) is 63.1 Å². The monoisotopic (exact) mass is 466 g/mol. The molecule has 1 amide bonds. The van der Waals surface area contributed by atoms with E-state index in [-0.39, 0.29) is 11.3 Å². The number of aliphatic hydroxyl groups excluding tert-OH is 1. The van der Waals surface area contributed by atoms with Crippen LogP contribution in [0.15, 0.2) is 60.2 Å². The van der Waals surface area contributed by atoms with Gasteiger partial charge in [-0.25, -0.2) is 4.39 Å². The van der Waals surface area contributed by atoms with Crippen LogP contribution >= 0.6 is 0 Å². The topological polar surface area (TPSA) is 60.9 Å². The minimum absolute atomic E-state index is 0.0524. The largest absolute Gasteiger partial charge is 0.507 e. The standard InChI is InChI=1S/C28H35FN2O3/c1-3-5-17-30(18-6-4-2)19-10-20-31-25(21-13-15-23(29)16-14-21)24(27(33)28(31)34)26(32)22-11-8-7-9-12-22/h7-9,11-16,25,32H,3-6,10,17-20H2,1-2H3/t25-/m1/s1. The molecule has 182 valence electrons.